The highest BCUT2D eigenvalue weighted by molar-refractivity contribution is 5.40. The Balaban J connectivity index is 1.64. The van der Waals surface area contributed by atoms with E-state index in [9.17, 15) is 0 Å². The Morgan fingerprint density at radius 3 is 2.63 bits per heavy atom. The Morgan fingerprint density at radius 2 is 1.79 bits per heavy atom. The van der Waals surface area contributed by atoms with Crippen molar-refractivity contribution < 1.29 is 4.74 Å². The molecule has 0 aliphatic carbocycles. The zero-order valence-electron chi connectivity index (χ0n) is 11.0. The number of para-hydroxylation sites is 1. The molecule has 0 aromatic heterocycles. The molecule has 0 amide bonds. The lowest BCUT2D eigenvalue weighted by atomic mass is 9.90. The van der Waals surface area contributed by atoms with Gasteiger partial charge in [0.1, 0.15) is 5.75 Å². The van der Waals surface area contributed by atoms with E-state index in [1.807, 2.05) is 18.2 Å². The van der Waals surface area contributed by atoms with E-state index in [2.05, 4.69) is 36.4 Å². The summed E-state index contributed by atoms with van der Waals surface area (Å²) in [7, 11) is 0. The molecule has 0 radical (unpaired) electrons. The van der Waals surface area contributed by atoms with Gasteiger partial charge in [-0.2, -0.15) is 0 Å². The molecule has 1 aliphatic heterocycles. The SMILES string of the molecule is NC(CCc1ccccc1)C1COc2ccccc21. The summed E-state index contributed by atoms with van der Waals surface area (Å²) in [6.07, 6.45) is 2.02. The minimum Gasteiger partial charge on any atom is -0.493 e. The van der Waals surface area contributed by atoms with Crippen molar-refractivity contribution in [3.05, 3.63) is 65.7 Å². The van der Waals surface area contributed by atoms with Crippen LogP contribution in [0.3, 0.4) is 0 Å². The van der Waals surface area contributed by atoms with Crippen molar-refractivity contribution in [1.29, 1.82) is 0 Å². The smallest absolute Gasteiger partial charge is 0.122 e. The number of fused-ring (bicyclic) bond motifs is 1. The van der Waals surface area contributed by atoms with Crippen LogP contribution >= 0.6 is 0 Å². The topological polar surface area (TPSA) is 35.2 Å². The maximum Gasteiger partial charge on any atom is 0.122 e. The highest BCUT2D eigenvalue weighted by Gasteiger charge is 2.28. The number of hydrogen-bond acceptors (Lipinski definition) is 2. The fourth-order valence-electron chi connectivity index (χ4n) is 2.72. The van der Waals surface area contributed by atoms with Gasteiger partial charge in [-0.25, -0.2) is 0 Å². The summed E-state index contributed by atoms with van der Waals surface area (Å²) in [5.41, 5.74) is 8.98. The van der Waals surface area contributed by atoms with Crippen molar-refractivity contribution in [2.24, 2.45) is 5.73 Å². The van der Waals surface area contributed by atoms with E-state index < -0.39 is 0 Å². The average Bonchev–Trinajstić information content (AvgIpc) is 2.90. The van der Waals surface area contributed by atoms with Crippen LogP contribution in [0.25, 0.3) is 0 Å². The van der Waals surface area contributed by atoms with E-state index in [1.54, 1.807) is 0 Å². The molecular formula is C17H19NO. The van der Waals surface area contributed by atoms with Gasteiger partial charge in [-0.3, -0.25) is 0 Å². The highest BCUT2D eigenvalue weighted by atomic mass is 16.5. The second kappa shape index (κ2) is 5.45. The second-order valence-corrected chi connectivity index (χ2v) is 5.14. The van der Waals surface area contributed by atoms with Crippen molar-refractivity contribution >= 4 is 0 Å². The molecule has 19 heavy (non-hydrogen) atoms. The van der Waals surface area contributed by atoms with Gasteiger partial charge >= 0.3 is 0 Å². The molecule has 2 heteroatoms. The van der Waals surface area contributed by atoms with Crippen LogP contribution < -0.4 is 10.5 Å². The first-order valence-corrected chi connectivity index (χ1v) is 6.86. The Morgan fingerprint density at radius 1 is 1.05 bits per heavy atom. The number of benzene rings is 2. The van der Waals surface area contributed by atoms with Gasteiger partial charge in [0.05, 0.1) is 6.61 Å². The number of rotatable bonds is 4. The first-order valence-electron chi connectivity index (χ1n) is 6.86. The predicted octanol–water partition coefficient (Wildman–Crippen LogP) is 3.12. The van der Waals surface area contributed by atoms with Crippen molar-refractivity contribution in [3.8, 4) is 5.75 Å². The van der Waals surface area contributed by atoms with Gasteiger partial charge in [0.2, 0.25) is 0 Å². The standard InChI is InChI=1S/C17H19NO/c18-16(11-10-13-6-2-1-3-7-13)15-12-19-17-9-5-4-8-14(15)17/h1-9,15-16H,10-12,18H2. The Kier molecular flexibility index (Phi) is 3.51. The summed E-state index contributed by atoms with van der Waals surface area (Å²) in [4.78, 5) is 0. The van der Waals surface area contributed by atoms with Gasteiger partial charge in [0.25, 0.3) is 0 Å². The third-order valence-electron chi connectivity index (χ3n) is 3.86. The molecule has 2 N–H and O–H groups in total. The maximum atomic E-state index is 6.36. The first-order chi connectivity index (χ1) is 9.34. The molecule has 1 aliphatic rings. The molecule has 0 spiro atoms. The molecular weight excluding hydrogens is 234 g/mol. The van der Waals surface area contributed by atoms with Crippen LogP contribution in [0.1, 0.15) is 23.5 Å². The Bertz CT molecular complexity index is 538. The molecule has 2 atom stereocenters. The lowest BCUT2D eigenvalue weighted by molar-refractivity contribution is 0.310. The third kappa shape index (κ3) is 2.64. The number of hydrogen-bond donors (Lipinski definition) is 1. The minimum absolute atomic E-state index is 0.156. The van der Waals surface area contributed by atoms with E-state index in [4.69, 9.17) is 10.5 Å². The molecule has 1 heterocycles. The van der Waals surface area contributed by atoms with E-state index in [-0.39, 0.29) is 6.04 Å². The van der Waals surface area contributed by atoms with Crippen LogP contribution in [0.15, 0.2) is 54.6 Å². The van der Waals surface area contributed by atoms with Crippen LogP contribution in [0.5, 0.6) is 5.75 Å². The summed E-state index contributed by atoms with van der Waals surface area (Å²) in [5.74, 6) is 1.34. The van der Waals surface area contributed by atoms with Crippen molar-refractivity contribution in [2.75, 3.05) is 6.61 Å². The molecule has 2 aromatic carbocycles. The molecule has 0 saturated heterocycles. The van der Waals surface area contributed by atoms with Crippen LogP contribution in [0, 0.1) is 0 Å². The average molecular weight is 253 g/mol. The largest absolute Gasteiger partial charge is 0.493 e. The van der Waals surface area contributed by atoms with E-state index in [0.29, 0.717) is 5.92 Å². The van der Waals surface area contributed by atoms with Gasteiger partial charge in [-0.15, -0.1) is 0 Å². The third-order valence-corrected chi connectivity index (χ3v) is 3.86. The van der Waals surface area contributed by atoms with E-state index >= 15 is 0 Å². The normalized spacial score (nSPS) is 18.7. The molecule has 0 bridgehead atoms. The fourth-order valence-corrected chi connectivity index (χ4v) is 2.72. The van der Waals surface area contributed by atoms with Crippen LogP contribution in [0.4, 0.5) is 0 Å². The van der Waals surface area contributed by atoms with Crippen molar-refractivity contribution in [2.45, 2.75) is 24.8 Å². The van der Waals surface area contributed by atoms with E-state index in [1.165, 1.54) is 11.1 Å². The maximum absolute atomic E-state index is 6.36. The minimum atomic E-state index is 0.156. The number of aryl methyl sites for hydroxylation is 1. The molecule has 0 saturated carbocycles. The fraction of sp³-hybridized carbons (Fsp3) is 0.294. The van der Waals surface area contributed by atoms with Gasteiger partial charge in [0, 0.05) is 17.5 Å². The second-order valence-electron chi connectivity index (χ2n) is 5.14. The zero-order chi connectivity index (χ0) is 13.1. The predicted molar refractivity (Wildman–Crippen MR) is 77.4 cm³/mol. The first kappa shape index (κ1) is 12.2. The monoisotopic (exact) mass is 253 g/mol. The van der Waals surface area contributed by atoms with Crippen LogP contribution in [-0.4, -0.2) is 12.6 Å². The van der Waals surface area contributed by atoms with Crippen LogP contribution in [0.2, 0.25) is 0 Å². The van der Waals surface area contributed by atoms with Gasteiger partial charge in [-0.1, -0.05) is 48.5 Å². The Labute approximate surface area is 114 Å². The van der Waals surface area contributed by atoms with Gasteiger partial charge < -0.3 is 10.5 Å². The summed E-state index contributed by atoms with van der Waals surface area (Å²) in [5, 5.41) is 0. The van der Waals surface area contributed by atoms with Crippen molar-refractivity contribution in [1.82, 2.24) is 0 Å². The number of ether oxygens (including phenoxy) is 1. The Hall–Kier alpha value is -1.80. The van der Waals surface area contributed by atoms with Crippen molar-refractivity contribution in [3.63, 3.8) is 0 Å². The lowest BCUT2D eigenvalue weighted by Crippen LogP contribution is -2.30. The molecule has 2 unspecified atom stereocenters. The van der Waals surface area contributed by atoms with Crippen LogP contribution in [-0.2, 0) is 6.42 Å². The lowest BCUT2D eigenvalue weighted by Gasteiger charge is -2.18. The van der Waals surface area contributed by atoms with Gasteiger partial charge in [-0.05, 0) is 24.5 Å². The highest BCUT2D eigenvalue weighted by Crippen LogP contribution is 2.35. The van der Waals surface area contributed by atoms with Gasteiger partial charge in [0.15, 0.2) is 0 Å². The molecule has 3 rings (SSSR count). The quantitative estimate of drug-likeness (QED) is 0.908. The zero-order valence-corrected chi connectivity index (χ0v) is 11.0. The molecule has 98 valence electrons. The molecule has 2 nitrogen and oxygen atoms in total. The number of nitrogens with two attached hydrogens (primary N) is 1. The summed E-state index contributed by atoms with van der Waals surface area (Å²) >= 11 is 0. The summed E-state index contributed by atoms with van der Waals surface area (Å²) < 4.78 is 5.70. The van der Waals surface area contributed by atoms with E-state index in [0.717, 1.165) is 25.2 Å². The molecule has 0 fully saturated rings. The summed E-state index contributed by atoms with van der Waals surface area (Å²) in [6.45, 7) is 0.718. The molecule has 2 aromatic rings. The summed E-state index contributed by atoms with van der Waals surface area (Å²) in [6, 6.07) is 18.9.